The van der Waals surface area contributed by atoms with Crippen LogP contribution in [0.4, 0.5) is 0 Å². The predicted octanol–water partition coefficient (Wildman–Crippen LogP) is 3.94. The second-order valence-electron chi connectivity index (χ2n) is 3.01. The average Bonchev–Trinajstić information content (AvgIpc) is 2.04. The van der Waals surface area contributed by atoms with Crippen molar-refractivity contribution in [3.8, 4) is 0 Å². The van der Waals surface area contributed by atoms with Crippen molar-refractivity contribution < 1.29 is 13.6 Å². The Balaban J connectivity index is 4.52. The van der Waals surface area contributed by atoms with Gasteiger partial charge in [0.15, 0.2) is 0 Å². The van der Waals surface area contributed by atoms with Gasteiger partial charge in [0.05, 0.1) is 19.4 Å². The standard InChI is InChI=1S/C9H18BrO3P/c1-5-12-14(11,13-6-2)7-9(10)8(3)4/h5-7H2,1-4H3. The van der Waals surface area contributed by atoms with E-state index in [1.54, 1.807) is 0 Å². The van der Waals surface area contributed by atoms with Crippen LogP contribution in [0.25, 0.3) is 0 Å². The summed E-state index contributed by atoms with van der Waals surface area (Å²) < 4.78 is 23.2. The van der Waals surface area contributed by atoms with Crippen LogP contribution in [0, 0.1) is 0 Å². The van der Waals surface area contributed by atoms with E-state index in [1.165, 1.54) is 0 Å². The molecule has 0 saturated carbocycles. The summed E-state index contributed by atoms with van der Waals surface area (Å²) in [5.74, 6) is 0. The minimum Gasteiger partial charge on any atom is -0.309 e. The van der Waals surface area contributed by atoms with Crippen molar-refractivity contribution in [2.75, 3.05) is 19.4 Å². The molecule has 0 amide bonds. The third-order valence-corrected chi connectivity index (χ3v) is 5.04. The molecule has 0 aliphatic rings. The van der Waals surface area contributed by atoms with Crippen molar-refractivity contribution in [3.05, 3.63) is 10.1 Å². The first-order valence-corrected chi connectivity index (χ1v) is 7.17. The summed E-state index contributed by atoms with van der Waals surface area (Å²) in [6.45, 7) is 8.32. The van der Waals surface area contributed by atoms with Gasteiger partial charge in [-0.1, -0.05) is 21.5 Å². The van der Waals surface area contributed by atoms with E-state index in [4.69, 9.17) is 9.05 Å². The number of allylic oxidation sites excluding steroid dienone is 2. The van der Waals surface area contributed by atoms with Gasteiger partial charge in [0.2, 0.25) is 0 Å². The molecule has 3 nitrogen and oxygen atoms in total. The van der Waals surface area contributed by atoms with Crippen LogP contribution in [0.3, 0.4) is 0 Å². The van der Waals surface area contributed by atoms with Gasteiger partial charge in [0.25, 0.3) is 0 Å². The molecule has 0 spiro atoms. The van der Waals surface area contributed by atoms with Crippen LogP contribution in [-0.4, -0.2) is 19.4 Å². The smallest absolute Gasteiger partial charge is 0.309 e. The molecule has 0 saturated heterocycles. The molecule has 84 valence electrons. The molecule has 0 heterocycles. The molecule has 0 radical (unpaired) electrons. The fourth-order valence-corrected chi connectivity index (χ4v) is 3.47. The topological polar surface area (TPSA) is 35.5 Å². The molecule has 0 rings (SSSR count). The number of halogens is 1. The Kier molecular flexibility index (Phi) is 6.96. The molecule has 0 aliphatic heterocycles. The third-order valence-electron chi connectivity index (χ3n) is 1.53. The first kappa shape index (κ1) is 14.4. The fraction of sp³-hybridized carbons (Fsp3) is 0.778. The van der Waals surface area contributed by atoms with Crippen molar-refractivity contribution in [3.63, 3.8) is 0 Å². The molecule has 0 bridgehead atoms. The summed E-state index contributed by atoms with van der Waals surface area (Å²) in [6, 6.07) is 0. The van der Waals surface area contributed by atoms with Crippen LogP contribution in [0.15, 0.2) is 10.1 Å². The summed E-state index contributed by atoms with van der Waals surface area (Å²) in [4.78, 5) is 0. The van der Waals surface area contributed by atoms with Crippen LogP contribution in [0.5, 0.6) is 0 Å². The van der Waals surface area contributed by atoms with Crippen molar-refractivity contribution in [2.24, 2.45) is 0 Å². The maximum absolute atomic E-state index is 12.0. The van der Waals surface area contributed by atoms with E-state index >= 15 is 0 Å². The van der Waals surface area contributed by atoms with Crippen LogP contribution >= 0.6 is 23.5 Å². The van der Waals surface area contributed by atoms with E-state index in [1.807, 2.05) is 27.7 Å². The molecule has 0 unspecified atom stereocenters. The van der Waals surface area contributed by atoms with E-state index in [0.717, 1.165) is 10.1 Å². The Hall–Kier alpha value is 0.370. The zero-order chi connectivity index (χ0) is 11.2. The molecule has 0 aromatic rings. The van der Waals surface area contributed by atoms with Gasteiger partial charge in [-0.2, -0.15) is 0 Å². The summed E-state index contributed by atoms with van der Waals surface area (Å²) in [7, 11) is -2.93. The molecule has 0 aromatic heterocycles. The molecule has 0 N–H and O–H groups in total. The van der Waals surface area contributed by atoms with E-state index in [0.29, 0.717) is 19.4 Å². The minimum absolute atomic E-state index is 0.316. The lowest BCUT2D eigenvalue weighted by atomic mass is 10.3. The lowest BCUT2D eigenvalue weighted by Crippen LogP contribution is -2.00. The summed E-state index contributed by atoms with van der Waals surface area (Å²) >= 11 is 3.37. The second-order valence-corrected chi connectivity index (χ2v) is 6.02. The summed E-state index contributed by atoms with van der Waals surface area (Å²) in [5.41, 5.74) is 1.09. The van der Waals surface area contributed by atoms with E-state index in [9.17, 15) is 4.57 Å². The number of hydrogen-bond donors (Lipinski definition) is 0. The van der Waals surface area contributed by atoms with Gasteiger partial charge in [0, 0.05) is 4.48 Å². The molecule has 0 atom stereocenters. The van der Waals surface area contributed by atoms with Crippen molar-refractivity contribution in [1.82, 2.24) is 0 Å². The second kappa shape index (κ2) is 6.78. The molecule has 0 aromatic carbocycles. The highest BCUT2D eigenvalue weighted by Gasteiger charge is 2.24. The molecular formula is C9H18BrO3P. The van der Waals surface area contributed by atoms with Crippen molar-refractivity contribution in [2.45, 2.75) is 27.7 Å². The first-order chi connectivity index (χ1) is 6.45. The summed E-state index contributed by atoms with van der Waals surface area (Å²) in [6.07, 6.45) is 0.316. The van der Waals surface area contributed by atoms with E-state index in [2.05, 4.69) is 15.9 Å². The van der Waals surface area contributed by atoms with Gasteiger partial charge in [-0.3, -0.25) is 4.57 Å². The Morgan fingerprint density at radius 3 is 1.93 bits per heavy atom. The van der Waals surface area contributed by atoms with Gasteiger partial charge < -0.3 is 9.05 Å². The van der Waals surface area contributed by atoms with Gasteiger partial charge in [-0.25, -0.2) is 0 Å². The lowest BCUT2D eigenvalue weighted by molar-refractivity contribution is 0.222. The Morgan fingerprint density at radius 1 is 1.21 bits per heavy atom. The first-order valence-electron chi connectivity index (χ1n) is 4.65. The zero-order valence-electron chi connectivity index (χ0n) is 9.17. The normalized spacial score (nSPS) is 11.5. The number of hydrogen-bond acceptors (Lipinski definition) is 3. The van der Waals surface area contributed by atoms with Crippen LogP contribution in [0.2, 0.25) is 0 Å². The largest absolute Gasteiger partial charge is 0.335 e. The highest BCUT2D eigenvalue weighted by atomic mass is 79.9. The van der Waals surface area contributed by atoms with Crippen molar-refractivity contribution in [1.29, 1.82) is 0 Å². The SMILES string of the molecule is CCOP(=O)(CC(Br)=C(C)C)OCC. The fourth-order valence-electron chi connectivity index (χ4n) is 0.850. The predicted molar refractivity (Wildman–Crippen MR) is 63.0 cm³/mol. The van der Waals surface area contributed by atoms with Crippen LogP contribution in [0.1, 0.15) is 27.7 Å². The van der Waals surface area contributed by atoms with Gasteiger partial charge >= 0.3 is 7.60 Å². The quantitative estimate of drug-likeness (QED) is 0.693. The van der Waals surface area contributed by atoms with E-state index in [-0.39, 0.29) is 0 Å². The maximum Gasteiger partial charge on any atom is 0.335 e. The highest BCUT2D eigenvalue weighted by Crippen LogP contribution is 2.50. The molecular weight excluding hydrogens is 267 g/mol. The molecule has 0 fully saturated rings. The Labute approximate surface area is 94.5 Å². The van der Waals surface area contributed by atoms with Gasteiger partial charge in [0.1, 0.15) is 0 Å². The minimum atomic E-state index is -2.93. The maximum atomic E-state index is 12.0. The van der Waals surface area contributed by atoms with Crippen molar-refractivity contribution >= 4 is 23.5 Å². The molecule has 5 heteroatoms. The van der Waals surface area contributed by atoms with Gasteiger partial charge in [-0.05, 0) is 27.7 Å². The van der Waals surface area contributed by atoms with Crippen LogP contribution in [-0.2, 0) is 13.6 Å². The highest BCUT2D eigenvalue weighted by molar-refractivity contribution is 9.11. The third kappa shape index (κ3) is 5.30. The van der Waals surface area contributed by atoms with Gasteiger partial charge in [-0.15, -0.1) is 0 Å². The molecule has 0 aliphatic carbocycles. The zero-order valence-corrected chi connectivity index (χ0v) is 11.7. The number of rotatable bonds is 6. The van der Waals surface area contributed by atoms with Crippen LogP contribution < -0.4 is 0 Å². The average molecular weight is 285 g/mol. The monoisotopic (exact) mass is 284 g/mol. The summed E-state index contributed by atoms with van der Waals surface area (Å²) in [5, 5.41) is 0. The Bertz CT molecular complexity index is 236. The Morgan fingerprint density at radius 2 is 1.64 bits per heavy atom. The molecule has 14 heavy (non-hydrogen) atoms. The lowest BCUT2D eigenvalue weighted by Gasteiger charge is -2.17. The van der Waals surface area contributed by atoms with E-state index < -0.39 is 7.60 Å².